The average Bonchev–Trinajstić information content (AvgIpc) is 2.55. The van der Waals surface area contributed by atoms with E-state index in [1.165, 1.54) is 7.05 Å². The first-order valence-electron chi connectivity index (χ1n) is 4.46. The fraction of sp³-hybridized carbons (Fsp3) is 0.222. The molecule has 0 amide bonds. The van der Waals surface area contributed by atoms with Gasteiger partial charge >= 0.3 is 11.8 Å². The van der Waals surface area contributed by atoms with Crippen molar-refractivity contribution >= 4 is 23.6 Å². The molecule has 1 aromatic heterocycles. The number of aliphatic carboxylic acids is 1. The summed E-state index contributed by atoms with van der Waals surface area (Å²) in [5.74, 6) is -2.31. The number of rotatable bonds is 4. The zero-order valence-corrected chi connectivity index (χ0v) is 9.08. The van der Waals surface area contributed by atoms with Crippen molar-refractivity contribution in [1.29, 1.82) is 0 Å². The third-order valence-electron chi connectivity index (χ3n) is 2.07. The number of imidazole rings is 1. The van der Waals surface area contributed by atoms with Gasteiger partial charge in [-0.05, 0) is 11.8 Å². The molecule has 8 heteroatoms. The maximum absolute atomic E-state index is 11.0. The standard InChI is InChI=1S/C9H9N3O5/c1-5(13)6(9(14)15)3-7-10-4-8(11(7)2)12(16)17/h3-4H,1-2H3,(H,14,15)/b6-3+. The number of nitrogens with zero attached hydrogens (tertiary/aromatic N) is 3. The summed E-state index contributed by atoms with van der Waals surface area (Å²) in [5, 5.41) is 19.3. The maximum atomic E-state index is 11.0. The van der Waals surface area contributed by atoms with Crippen LogP contribution in [0.15, 0.2) is 11.8 Å². The molecule has 0 radical (unpaired) electrons. The van der Waals surface area contributed by atoms with Crippen molar-refractivity contribution in [3.63, 3.8) is 0 Å². The first kappa shape index (κ1) is 12.6. The summed E-state index contributed by atoms with van der Waals surface area (Å²) in [6, 6.07) is 0. The average molecular weight is 239 g/mol. The van der Waals surface area contributed by atoms with Crippen molar-refractivity contribution in [1.82, 2.24) is 9.55 Å². The van der Waals surface area contributed by atoms with Crippen LogP contribution in [0, 0.1) is 10.1 Å². The number of carboxylic acids is 1. The number of carboxylic acid groups (broad SMARTS) is 1. The van der Waals surface area contributed by atoms with E-state index in [1.54, 1.807) is 0 Å². The van der Waals surface area contributed by atoms with Crippen LogP contribution in [0.5, 0.6) is 0 Å². The molecule has 0 aliphatic heterocycles. The molecule has 0 aliphatic rings. The molecule has 0 saturated carbocycles. The van der Waals surface area contributed by atoms with Crippen molar-refractivity contribution in [2.45, 2.75) is 6.92 Å². The van der Waals surface area contributed by atoms with Gasteiger partial charge in [-0.1, -0.05) is 0 Å². The van der Waals surface area contributed by atoms with Crippen LogP contribution in [0.25, 0.3) is 6.08 Å². The first-order chi connectivity index (χ1) is 7.84. The lowest BCUT2D eigenvalue weighted by Gasteiger charge is -1.96. The predicted octanol–water partition coefficient (Wildman–Crippen LogP) is 0.385. The molecule has 0 aliphatic carbocycles. The highest BCUT2D eigenvalue weighted by molar-refractivity contribution is 6.18. The number of carbonyl (C=O) groups is 2. The normalized spacial score (nSPS) is 11.3. The van der Waals surface area contributed by atoms with E-state index in [4.69, 9.17) is 5.11 Å². The molecule has 0 bridgehead atoms. The molecule has 90 valence electrons. The Balaban J connectivity index is 3.26. The summed E-state index contributed by atoms with van der Waals surface area (Å²) in [4.78, 5) is 35.3. The predicted molar refractivity (Wildman–Crippen MR) is 56.2 cm³/mol. The van der Waals surface area contributed by atoms with E-state index in [-0.39, 0.29) is 11.6 Å². The molecule has 0 fully saturated rings. The molecule has 17 heavy (non-hydrogen) atoms. The Morgan fingerprint density at radius 3 is 2.53 bits per heavy atom. The Bertz CT molecular complexity index is 513. The fourth-order valence-corrected chi connectivity index (χ4v) is 1.16. The maximum Gasteiger partial charge on any atom is 0.342 e. The molecule has 0 aromatic carbocycles. The Morgan fingerprint density at radius 2 is 2.18 bits per heavy atom. The van der Waals surface area contributed by atoms with Crippen molar-refractivity contribution in [3.8, 4) is 0 Å². The molecule has 8 nitrogen and oxygen atoms in total. The fourth-order valence-electron chi connectivity index (χ4n) is 1.16. The minimum atomic E-state index is -1.40. The Kier molecular flexibility index (Phi) is 3.37. The minimum Gasteiger partial charge on any atom is -0.478 e. The summed E-state index contributed by atoms with van der Waals surface area (Å²) >= 11 is 0. The summed E-state index contributed by atoms with van der Waals surface area (Å²) in [6.45, 7) is 1.09. The van der Waals surface area contributed by atoms with Crippen LogP contribution in [0.3, 0.4) is 0 Å². The topological polar surface area (TPSA) is 115 Å². The number of hydrogen-bond acceptors (Lipinski definition) is 5. The molecule has 1 heterocycles. The van der Waals surface area contributed by atoms with Gasteiger partial charge in [0.15, 0.2) is 5.78 Å². The van der Waals surface area contributed by atoms with Gasteiger partial charge in [0.05, 0.1) is 7.05 Å². The first-order valence-corrected chi connectivity index (χ1v) is 4.46. The van der Waals surface area contributed by atoms with Gasteiger partial charge in [0.2, 0.25) is 5.82 Å². The van der Waals surface area contributed by atoms with E-state index in [0.29, 0.717) is 0 Å². The summed E-state index contributed by atoms with van der Waals surface area (Å²) < 4.78 is 1.09. The van der Waals surface area contributed by atoms with Gasteiger partial charge in [-0.25, -0.2) is 14.3 Å². The Hall–Kier alpha value is -2.51. The molecule has 0 spiro atoms. The van der Waals surface area contributed by atoms with E-state index in [9.17, 15) is 19.7 Å². The van der Waals surface area contributed by atoms with Gasteiger partial charge in [-0.15, -0.1) is 0 Å². The van der Waals surface area contributed by atoms with Crippen LogP contribution in [-0.2, 0) is 16.6 Å². The van der Waals surface area contributed by atoms with Crippen LogP contribution in [-0.4, -0.2) is 31.3 Å². The van der Waals surface area contributed by atoms with Gasteiger partial charge in [-0.3, -0.25) is 4.79 Å². The summed E-state index contributed by atoms with van der Waals surface area (Å²) in [7, 11) is 1.36. The van der Waals surface area contributed by atoms with Crippen LogP contribution >= 0.6 is 0 Å². The quantitative estimate of drug-likeness (QED) is 0.267. The number of carbonyl (C=O) groups excluding carboxylic acids is 1. The van der Waals surface area contributed by atoms with E-state index in [0.717, 1.165) is 23.8 Å². The smallest absolute Gasteiger partial charge is 0.342 e. The number of nitro groups is 1. The number of Topliss-reactive ketones (excluding diaryl/α,β-unsaturated/α-hetero) is 1. The number of ketones is 1. The lowest BCUT2D eigenvalue weighted by Crippen LogP contribution is -2.09. The largest absolute Gasteiger partial charge is 0.478 e. The SMILES string of the molecule is CC(=O)/C(=C\c1ncc([N+](=O)[O-])n1C)C(=O)O. The van der Waals surface area contributed by atoms with Crippen molar-refractivity contribution in [3.05, 3.63) is 27.7 Å². The van der Waals surface area contributed by atoms with Gasteiger partial charge in [0, 0.05) is 6.08 Å². The molecule has 1 aromatic rings. The molecule has 1 N–H and O–H groups in total. The second-order valence-electron chi connectivity index (χ2n) is 3.21. The molecule has 1 rings (SSSR count). The minimum absolute atomic E-state index is 0.0318. The lowest BCUT2D eigenvalue weighted by atomic mass is 10.2. The van der Waals surface area contributed by atoms with Crippen LogP contribution in [0.2, 0.25) is 0 Å². The highest BCUT2D eigenvalue weighted by atomic mass is 16.6. The van der Waals surface area contributed by atoms with Crippen LogP contribution in [0.1, 0.15) is 12.7 Å². The second-order valence-corrected chi connectivity index (χ2v) is 3.21. The molecular weight excluding hydrogens is 230 g/mol. The molecule has 0 unspecified atom stereocenters. The van der Waals surface area contributed by atoms with E-state index >= 15 is 0 Å². The van der Waals surface area contributed by atoms with Gasteiger partial charge in [0.25, 0.3) is 0 Å². The van der Waals surface area contributed by atoms with Gasteiger partial charge in [-0.2, -0.15) is 0 Å². The van der Waals surface area contributed by atoms with E-state index < -0.39 is 22.2 Å². The lowest BCUT2D eigenvalue weighted by molar-refractivity contribution is -0.391. The number of aromatic nitrogens is 2. The second kappa shape index (κ2) is 4.56. The third kappa shape index (κ3) is 2.54. The van der Waals surface area contributed by atoms with Crippen molar-refractivity contribution in [2.24, 2.45) is 7.05 Å². The highest BCUT2D eigenvalue weighted by Gasteiger charge is 2.19. The highest BCUT2D eigenvalue weighted by Crippen LogP contribution is 2.14. The Morgan fingerprint density at radius 1 is 1.59 bits per heavy atom. The molecule has 0 saturated heterocycles. The zero-order chi connectivity index (χ0) is 13.2. The third-order valence-corrected chi connectivity index (χ3v) is 2.07. The van der Waals surface area contributed by atoms with E-state index in [1.807, 2.05) is 0 Å². The van der Waals surface area contributed by atoms with Crippen molar-refractivity contribution in [2.75, 3.05) is 0 Å². The number of hydrogen-bond donors (Lipinski definition) is 1. The van der Waals surface area contributed by atoms with Crippen LogP contribution < -0.4 is 0 Å². The molecule has 0 atom stereocenters. The monoisotopic (exact) mass is 239 g/mol. The van der Waals surface area contributed by atoms with Gasteiger partial charge < -0.3 is 15.2 Å². The summed E-state index contributed by atoms with van der Waals surface area (Å²) in [5.41, 5.74) is -0.478. The zero-order valence-electron chi connectivity index (χ0n) is 9.08. The van der Waals surface area contributed by atoms with Crippen molar-refractivity contribution < 1.29 is 19.6 Å². The van der Waals surface area contributed by atoms with Gasteiger partial charge in [0.1, 0.15) is 11.8 Å². The Labute approximate surface area is 95.3 Å². The van der Waals surface area contributed by atoms with E-state index in [2.05, 4.69) is 4.98 Å². The molecular formula is C9H9N3O5. The van der Waals surface area contributed by atoms with Crippen LogP contribution in [0.4, 0.5) is 5.82 Å². The summed E-state index contributed by atoms with van der Waals surface area (Å²) in [6.07, 6.45) is 1.99.